The van der Waals surface area contributed by atoms with E-state index in [1.807, 2.05) is 36.4 Å². The fourth-order valence-corrected chi connectivity index (χ4v) is 3.40. The molecular formula is C22H26N2O4. The predicted octanol–water partition coefficient (Wildman–Crippen LogP) is 2.13. The SMILES string of the molecule is COCC(=O)N1CCNC(=O)C(Cc2ccc(-c3ccc(OC)cc3)cc2)C1. The zero-order valence-electron chi connectivity index (χ0n) is 16.3. The predicted molar refractivity (Wildman–Crippen MR) is 107 cm³/mol. The first-order valence-electron chi connectivity index (χ1n) is 9.38. The van der Waals surface area contributed by atoms with Gasteiger partial charge in [0.15, 0.2) is 0 Å². The Bertz CT molecular complexity index is 802. The van der Waals surface area contributed by atoms with Crippen LogP contribution in [0.3, 0.4) is 0 Å². The normalized spacial score (nSPS) is 17.0. The lowest BCUT2D eigenvalue weighted by atomic mass is 9.96. The van der Waals surface area contributed by atoms with Crippen molar-refractivity contribution in [2.24, 2.45) is 5.92 Å². The van der Waals surface area contributed by atoms with Gasteiger partial charge >= 0.3 is 0 Å². The summed E-state index contributed by atoms with van der Waals surface area (Å²) >= 11 is 0. The smallest absolute Gasteiger partial charge is 0.248 e. The first kappa shape index (κ1) is 19.9. The highest BCUT2D eigenvalue weighted by Crippen LogP contribution is 2.23. The molecule has 1 fully saturated rings. The van der Waals surface area contributed by atoms with Gasteiger partial charge in [-0.15, -0.1) is 0 Å². The molecule has 1 aliphatic heterocycles. The lowest BCUT2D eigenvalue weighted by molar-refractivity contribution is -0.135. The third-order valence-electron chi connectivity index (χ3n) is 4.97. The molecule has 28 heavy (non-hydrogen) atoms. The summed E-state index contributed by atoms with van der Waals surface area (Å²) in [5.41, 5.74) is 3.28. The molecule has 0 aliphatic carbocycles. The van der Waals surface area contributed by atoms with E-state index in [-0.39, 0.29) is 24.3 Å². The van der Waals surface area contributed by atoms with Gasteiger partial charge in [0.1, 0.15) is 12.4 Å². The average molecular weight is 382 g/mol. The molecule has 1 atom stereocenters. The first-order chi connectivity index (χ1) is 13.6. The molecule has 1 aliphatic rings. The Balaban J connectivity index is 1.68. The molecule has 2 aromatic rings. The fraction of sp³-hybridized carbons (Fsp3) is 0.364. The molecule has 0 aromatic heterocycles. The van der Waals surface area contributed by atoms with Crippen molar-refractivity contribution in [3.05, 3.63) is 54.1 Å². The zero-order valence-corrected chi connectivity index (χ0v) is 16.3. The summed E-state index contributed by atoms with van der Waals surface area (Å²) in [7, 11) is 3.15. The molecule has 3 rings (SSSR count). The van der Waals surface area contributed by atoms with E-state index >= 15 is 0 Å². The molecule has 1 heterocycles. The molecule has 6 heteroatoms. The first-order valence-corrected chi connectivity index (χ1v) is 9.38. The minimum atomic E-state index is -0.268. The Kier molecular flexibility index (Phi) is 6.66. The second kappa shape index (κ2) is 9.37. The van der Waals surface area contributed by atoms with Crippen molar-refractivity contribution in [1.82, 2.24) is 10.2 Å². The van der Waals surface area contributed by atoms with Crippen molar-refractivity contribution in [3.63, 3.8) is 0 Å². The van der Waals surface area contributed by atoms with Gasteiger partial charge in [0, 0.05) is 26.7 Å². The maximum Gasteiger partial charge on any atom is 0.248 e. The number of ether oxygens (including phenoxy) is 2. The molecule has 2 amide bonds. The summed E-state index contributed by atoms with van der Waals surface area (Å²) in [5.74, 6) is 0.466. The van der Waals surface area contributed by atoms with Gasteiger partial charge in [-0.25, -0.2) is 0 Å². The second-order valence-electron chi connectivity index (χ2n) is 6.89. The number of hydrogen-bond donors (Lipinski definition) is 1. The van der Waals surface area contributed by atoms with Crippen molar-refractivity contribution in [2.75, 3.05) is 40.5 Å². The highest BCUT2D eigenvalue weighted by atomic mass is 16.5. The van der Waals surface area contributed by atoms with Crippen LogP contribution in [0.25, 0.3) is 11.1 Å². The van der Waals surface area contributed by atoms with Gasteiger partial charge in [0.05, 0.1) is 13.0 Å². The minimum Gasteiger partial charge on any atom is -0.497 e. The summed E-state index contributed by atoms with van der Waals surface area (Å²) < 4.78 is 10.1. The Morgan fingerprint density at radius 1 is 1.07 bits per heavy atom. The summed E-state index contributed by atoms with van der Waals surface area (Å²) in [4.78, 5) is 26.3. The van der Waals surface area contributed by atoms with E-state index in [2.05, 4.69) is 17.4 Å². The van der Waals surface area contributed by atoms with E-state index in [9.17, 15) is 9.59 Å². The molecule has 1 saturated heterocycles. The summed E-state index contributed by atoms with van der Waals surface area (Å²) in [6.45, 7) is 1.44. The molecule has 0 saturated carbocycles. The summed E-state index contributed by atoms with van der Waals surface area (Å²) in [6, 6.07) is 16.1. The van der Waals surface area contributed by atoms with Crippen LogP contribution in [0.4, 0.5) is 0 Å². The number of benzene rings is 2. The van der Waals surface area contributed by atoms with Crippen LogP contribution in [0.5, 0.6) is 5.75 Å². The second-order valence-corrected chi connectivity index (χ2v) is 6.89. The van der Waals surface area contributed by atoms with Crippen molar-refractivity contribution in [2.45, 2.75) is 6.42 Å². The van der Waals surface area contributed by atoms with Crippen molar-refractivity contribution < 1.29 is 19.1 Å². The van der Waals surface area contributed by atoms with Crippen LogP contribution in [0.2, 0.25) is 0 Å². The Morgan fingerprint density at radius 3 is 2.32 bits per heavy atom. The number of hydrogen-bond acceptors (Lipinski definition) is 4. The van der Waals surface area contributed by atoms with E-state index in [1.165, 1.54) is 7.11 Å². The van der Waals surface area contributed by atoms with Crippen LogP contribution in [-0.2, 0) is 20.7 Å². The number of nitrogens with one attached hydrogen (secondary N) is 1. The summed E-state index contributed by atoms with van der Waals surface area (Å²) in [6.07, 6.45) is 0.589. The van der Waals surface area contributed by atoms with Crippen LogP contribution in [0, 0.1) is 5.92 Å². The van der Waals surface area contributed by atoms with E-state index < -0.39 is 0 Å². The number of nitrogens with zero attached hydrogens (tertiary/aromatic N) is 1. The highest BCUT2D eigenvalue weighted by Gasteiger charge is 2.27. The summed E-state index contributed by atoms with van der Waals surface area (Å²) in [5, 5.41) is 2.90. The number of amides is 2. The van der Waals surface area contributed by atoms with Gasteiger partial charge in [0.2, 0.25) is 11.8 Å². The molecular weight excluding hydrogens is 356 g/mol. The molecule has 0 spiro atoms. The molecule has 6 nitrogen and oxygen atoms in total. The van der Waals surface area contributed by atoms with Gasteiger partial charge in [-0.1, -0.05) is 36.4 Å². The third kappa shape index (κ3) is 4.89. The van der Waals surface area contributed by atoms with Crippen molar-refractivity contribution in [3.8, 4) is 16.9 Å². The topological polar surface area (TPSA) is 67.9 Å². The lowest BCUT2D eigenvalue weighted by Gasteiger charge is -2.23. The standard InChI is InChI=1S/C22H26N2O4/c1-27-15-21(25)24-12-11-23-22(26)19(14-24)13-16-3-5-17(6-4-16)18-7-9-20(28-2)10-8-18/h3-10,19H,11-15H2,1-2H3,(H,23,26). The highest BCUT2D eigenvalue weighted by molar-refractivity contribution is 5.82. The van der Waals surface area contributed by atoms with Crippen LogP contribution in [0.1, 0.15) is 5.56 Å². The van der Waals surface area contributed by atoms with Gasteiger partial charge in [-0.05, 0) is 35.2 Å². The maximum absolute atomic E-state index is 12.4. The Morgan fingerprint density at radius 2 is 1.71 bits per heavy atom. The molecule has 148 valence electrons. The zero-order chi connectivity index (χ0) is 19.9. The monoisotopic (exact) mass is 382 g/mol. The van der Waals surface area contributed by atoms with Gasteiger partial charge in [-0.2, -0.15) is 0 Å². The van der Waals surface area contributed by atoms with Crippen LogP contribution < -0.4 is 10.1 Å². The molecule has 1 unspecified atom stereocenters. The minimum absolute atomic E-state index is 0.00746. The average Bonchev–Trinajstić information content (AvgIpc) is 2.90. The molecule has 1 N–H and O–H groups in total. The van der Waals surface area contributed by atoms with Gasteiger partial charge in [0.25, 0.3) is 0 Å². The Labute approximate surface area is 165 Å². The van der Waals surface area contributed by atoms with E-state index in [1.54, 1.807) is 12.0 Å². The van der Waals surface area contributed by atoms with Crippen molar-refractivity contribution >= 4 is 11.8 Å². The Hall–Kier alpha value is -2.86. The molecule has 0 radical (unpaired) electrons. The number of carbonyl (C=O) groups excluding carboxylic acids is 2. The van der Waals surface area contributed by atoms with E-state index in [0.29, 0.717) is 26.1 Å². The van der Waals surface area contributed by atoms with Gasteiger partial charge in [-0.3, -0.25) is 9.59 Å². The van der Waals surface area contributed by atoms with Crippen LogP contribution in [0.15, 0.2) is 48.5 Å². The maximum atomic E-state index is 12.4. The fourth-order valence-electron chi connectivity index (χ4n) is 3.40. The van der Waals surface area contributed by atoms with E-state index in [4.69, 9.17) is 9.47 Å². The van der Waals surface area contributed by atoms with Crippen LogP contribution in [-0.4, -0.2) is 57.2 Å². The molecule has 2 aromatic carbocycles. The number of carbonyl (C=O) groups is 2. The largest absolute Gasteiger partial charge is 0.497 e. The third-order valence-corrected chi connectivity index (χ3v) is 4.97. The number of rotatable bonds is 6. The lowest BCUT2D eigenvalue weighted by Crippen LogP contribution is -2.39. The number of methoxy groups -OCH3 is 2. The van der Waals surface area contributed by atoms with Crippen molar-refractivity contribution in [1.29, 1.82) is 0 Å². The quantitative estimate of drug-likeness (QED) is 0.831. The molecule has 0 bridgehead atoms. The van der Waals surface area contributed by atoms with Crippen LogP contribution >= 0.6 is 0 Å². The van der Waals surface area contributed by atoms with Gasteiger partial charge < -0.3 is 19.7 Å². The van der Waals surface area contributed by atoms with E-state index in [0.717, 1.165) is 22.4 Å².